The first-order chi connectivity index (χ1) is 6.50. The van der Waals surface area contributed by atoms with E-state index in [2.05, 4.69) is 4.98 Å². The molecule has 0 fully saturated rings. The summed E-state index contributed by atoms with van der Waals surface area (Å²) in [6.07, 6.45) is 1.33. The van der Waals surface area contributed by atoms with Crippen LogP contribution in [0.4, 0.5) is 0 Å². The van der Waals surface area contributed by atoms with Gasteiger partial charge in [0, 0.05) is 6.20 Å². The highest BCUT2D eigenvalue weighted by molar-refractivity contribution is 14.1. The maximum atomic E-state index is 10.6. The van der Waals surface area contributed by atoms with Crippen molar-refractivity contribution in [2.75, 3.05) is 0 Å². The number of pyridine rings is 1. The second kappa shape index (κ2) is 4.59. The fourth-order valence-electron chi connectivity index (χ4n) is 0.852. The van der Waals surface area contributed by atoms with Crippen molar-refractivity contribution < 1.29 is 14.6 Å². The zero-order valence-corrected chi connectivity index (χ0v) is 9.98. The van der Waals surface area contributed by atoms with E-state index in [4.69, 9.17) is 9.84 Å². The zero-order valence-electron chi connectivity index (χ0n) is 7.82. The molecular formula is C9H10INO3. The van der Waals surface area contributed by atoms with E-state index in [1.807, 2.05) is 36.4 Å². The van der Waals surface area contributed by atoms with Crippen LogP contribution in [0, 0.1) is 3.57 Å². The first-order valence-electron chi connectivity index (χ1n) is 4.06. The Morgan fingerprint density at radius 3 is 2.71 bits per heavy atom. The summed E-state index contributed by atoms with van der Waals surface area (Å²) in [4.78, 5) is 14.5. The minimum atomic E-state index is -0.980. The van der Waals surface area contributed by atoms with Gasteiger partial charge in [-0.25, -0.2) is 9.78 Å². The molecular weight excluding hydrogens is 297 g/mol. The number of ether oxygens (including phenoxy) is 1. The Kier molecular flexibility index (Phi) is 3.68. The molecule has 0 spiro atoms. The van der Waals surface area contributed by atoms with E-state index >= 15 is 0 Å². The van der Waals surface area contributed by atoms with Crippen LogP contribution >= 0.6 is 22.6 Å². The van der Waals surface area contributed by atoms with E-state index in [9.17, 15) is 4.79 Å². The average Bonchev–Trinajstić information content (AvgIpc) is 2.07. The van der Waals surface area contributed by atoms with E-state index in [1.165, 1.54) is 12.3 Å². The molecule has 5 heteroatoms. The highest BCUT2D eigenvalue weighted by atomic mass is 127. The Balaban J connectivity index is 2.95. The fraction of sp³-hybridized carbons (Fsp3) is 0.333. The quantitative estimate of drug-likeness (QED) is 0.870. The summed E-state index contributed by atoms with van der Waals surface area (Å²) < 4.78 is 6.07. The van der Waals surface area contributed by atoms with E-state index < -0.39 is 5.97 Å². The van der Waals surface area contributed by atoms with Gasteiger partial charge in [-0.2, -0.15) is 0 Å². The molecule has 0 bridgehead atoms. The van der Waals surface area contributed by atoms with Crippen LogP contribution in [0.5, 0.6) is 5.88 Å². The van der Waals surface area contributed by atoms with Crippen molar-refractivity contribution in [2.24, 2.45) is 0 Å². The molecule has 1 heterocycles. The van der Waals surface area contributed by atoms with Gasteiger partial charge < -0.3 is 9.84 Å². The lowest BCUT2D eigenvalue weighted by atomic mass is 10.3. The topological polar surface area (TPSA) is 59.4 Å². The molecule has 0 unspecified atom stereocenters. The molecule has 0 saturated heterocycles. The van der Waals surface area contributed by atoms with Crippen LogP contribution in [-0.2, 0) is 0 Å². The molecule has 0 radical (unpaired) electrons. The SMILES string of the molecule is CC(C)Oc1ncc(C(=O)O)cc1I. The molecule has 4 nitrogen and oxygen atoms in total. The van der Waals surface area contributed by atoms with Crippen molar-refractivity contribution in [3.05, 3.63) is 21.4 Å². The third-order valence-corrected chi connectivity index (χ3v) is 2.17. The number of carboxylic acids is 1. The lowest BCUT2D eigenvalue weighted by Gasteiger charge is -2.10. The summed E-state index contributed by atoms with van der Waals surface area (Å²) in [6, 6.07) is 1.54. The number of carbonyl (C=O) groups is 1. The number of hydrogen-bond acceptors (Lipinski definition) is 3. The Bertz CT molecular complexity index is 352. The Morgan fingerprint density at radius 2 is 2.29 bits per heavy atom. The van der Waals surface area contributed by atoms with Gasteiger partial charge in [-0.3, -0.25) is 0 Å². The zero-order chi connectivity index (χ0) is 10.7. The van der Waals surface area contributed by atoms with Gasteiger partial charge in [0.2, 0.25) is 5.88 Å². The Hall–Kier alpha value is -0.850. The van der Waals surface area contributed by atoms with Crippen molar-refractivity contribution in [1.82, 2.24) is 4.98 Å². The standard InChI is InChI=1S/C9H10INO3/c1-5(2)14-8-7(10)3-6(4-11-8)9(12)13/h3-5H,1-2H3,(H,12,13). The molecule has 0 atom stereocenters. The first kappa shape index (κ1) is 11.2. The number of aromatic nitrogens is 1. The Labute approximate surface area is 95.4 Å². The first-order valence-corrected chi connectivity index (χ1v) is 5.14. The maximum absolute atomic E-state index is 10.6. The molecule has 14 heavy (non-hydrogen) atoms. The molecule has 0 aromatic carbocycles. The summed E-state index contributed by atoms with van der Waals surface area (Å²) in [5.41, 5.74) is 0.172. The largest absolute Gasteiger partial charge is 0.478 e. The molecule has 1 aromatic rings. The van der Waals surface area contributed by atoms with Gasteiger partial charge in [-0.05, 0) is 42.5 Å². The lowest BCUT2D eigenvalue weighted by molar-refractivity contribution is 0.0696. The number of halogens is 1. The summed E-state index contributed by atoms with van der Waals surface area (Å²) in [6.45, 7) is 3.78. The van der Waals surface area contributed by atoms with Crippen LogP contribution in [0.1, 0.15) is 24.2 Å². The number of hydrogen-bond donors (Lipinski definition) is 1. The molecule has 0 aliphatic rings. The third-order valence-electron chi connectivity index (χ3n) is 1.40. The summed E-state index contributed by atoms with van der Waals surface area (Å²) in [7, 11) is 0. The molecule has 1 N–H and O–H groups in total. The summed E-state index contributed by atoms with van der Waals surface area (Å²) in [5.74, 6) is -0.503. The van der Waals surface area contributed by atoms with Gasteiger partial charge in [0.25, 0.3) is 0 Å². The van der Waals surface area contributed by atoms with Gasteiger partial charge in [0.15, 0.2) is 0 Å². The van der Waals surface area contributed by atoms with Crippen LogP contribution in [0.2, 0.25) is 0 Å². The highest BCUT2D eigenvalue weighted by Crippen LogP contribution is 2.19. The normalized spacial score (nSPS) is 10.3. The number of rotatable bonds is 3. The van der Waals surface area contributed by atoms with Crippen LogP contribution in [-0.4, -0.2) is 22.2 Å². The van der Waals surface area contributed by atoms with Crippen LogP contribution in [0.25, 0.3) is 0 Å². The fourth-order valence-corrected chi connectivity index (χ4v) is 1.45. The monoisotopic (exact) mass is 307 g/mol. The van der Waals surface area contributed by atoms with Crippen LogP contribution in [0.15, 0.2) is 12.3 Å². The van der Waals surface area contributed by atoms with E-state index in [0.29, 0.717) is 9.45 Å². The number of aromatic carboxylic acids is 1. The van der Waals surface area contributed by atoms with Gasteiger partial charge in [-0.15, -0.1) is 0 Å². The minimum absolute atomic E-state index is 0.0340. The average molecular weight is 307 g/mol. The van der Waals surface area contributed by atoms with Crippen molar-refractivity contribution in [1.29, 1.82) is 0 Å². The van der Waals surface area contributed by atoms with Gasteiger partial charge >= 0.3 is 5.97 Å². The highest BCUT2D eigenvalue weighted by Gasteiger charge is 2.09. The molecule has 0 aliphatic carbocycles. The van der Waals surface area contributed by atoms with E-state index in [1.54, 1.807) is 0 Å². The molecule has 1 rings (SSSR count). The predicted molar refractivity (Wildman–Crippen MR) is 59.7 cm³/mol. The Morgan fingerprint density at radius 1 is 1.64 bits per heavy atom. The predicted octanol–water partition coefficient (Wildman–Crippen LogP) is 2.17. The molecule has 0 aliphatic heterocycles. The second-order valence-corrected chi connectivity index (χ2v) is 4.14. The van der Waals surface area contributed by atoms with E-state index in [-0.39, 0.29) is 11.7 Å². The van der Waals surface area contributed by atoms with Crippen molar-refractivity contribution in [2.45, 2.75) is 20.0 Å². The van der Waals surface area contributed by atoms with Crippen molar-refractivity contribution in [3.8, 4) is 5.88 Å². The maximum Gasteiger partial charge on any atom is 0.337 e. The second-order valence-electron chi connectivity index (χ2n) is 2.98. The minimum Gasteiger partial charge on any atom is -0.478 e. The molecule has 76 valence electrons. The summed E-state index contributed by atoms with van der Waals surface area (Å²) >= 11 is 2.00. The van der Waals surface area contributed by atoms with Crippen molar-refractivity contribution in [3.63, 3.8) is 0 Å². The van der Waals surface area contributed by atoms with Gasteiger partial charge in [0.1, 0.15) is 0 Å². The number of nitrogens with zero attached hydrogens (tertiary/aromatic N) is 1. The number of carboxylic acid groups (broad SMARTS) is 1. The van der Waals surface area contributed by atoms with Crippen LogP contribution in [0.3, 0.4) is 0 Å². The van der Waals surface area contributed by atoms with Crippen LogP contribution < -0.4 is 4.74 Å². The summed E-state index contributed by atoms with van der Waals surface area (Å²) in [5, 5.41) is 8.70. The molecule has 1 aromatic heterocycles. The third kappa shape index (κ3) is 2.83. The lowest BCUT2D eigenvalue weighted by Crippen LogP contribution is -2.09. The smallest absolute Gasteiger partial charge is 0.337 e. The molecule has 0 saturated carbocycles. The van der Waals surface area contributed by atoms with Crippen molar-refractivity contribution >= 4 is 28.6 Å². The van der Waals surface area contributed by atoms with Gasteiger partial charge in [-0.1, -0.05) is 0 Å². The molecule has 0 amide bonds. The van der Waals surface area contributed by atoms with Gasteiger partial charge in [0.05, 0.1) is 15.2 Å². The van der Waals surface area contributed by atoms with E-state index in [0.717, 1.165) is 0 Å².